The molecule has 0 radical (unpaired) electrons. The molecule has 204 valence electrons. The van der Waals surface area contributed by atoms with E-state index in [4.69, 9.17) is 0 Å². The summed E-state index contributed by atoms with van der Waals surface area (Å²) in [6, 6.07) is 19.4. The molecule has 0 aliphatic rings. The number of carbonyl (C=O) groups is 2. The van der Waals surface area contributed by atoms with Crippen molar-refractivity contribution < 1.29 is 18.0 Å². The van der Waals surface area contributed by atoms with Crippen molar-refractivity contribution in [2.24, 2.45) is 0 Å². The van der Waals surface area contributed by atoms with Gasteiger partial charge in [-0.2, -0.15) is 0 Å². The first-order valence-electron chi connectivity index (χ1n) is 12.4. The Balaban J connectivity index is 1.16. The molecule has 2 aromatic carbocycles. The molecular weight excluding hydrogens is 557 g/mol. The van der Waals surface area contributed by atoms with Gasteiger partial charge in [-0.1, -0.05) is 83.3 Å². The Kier molecular flexibility index (Phi) is 10.2. The first-order valence-corrected chi connectivity index (χ1v) is 15.8. The normalized spacial score (nSPS) is 11.3. The number of amides is 2. The second kappa shape index (κ2) is 14.0. The molecule has 4 rings (SSSR count). The van der Waals surface area contributed by atoms with Gasteiger partial charge in [-0.25, -0.2) is 8.42 Å². The molecule has 0 fully saturated rings. The Labute approximate surface area is 234 Å². The Hall–Kier alpha value is -3.55. The summed E-state index contributed by atoms with van der Waals surface area (Å²) in [6.07, 6.45) is 2.29. The number of aromatic nitrogens is 4. The number of hydrogen-bond acceptors (Lipinski definition) is 10. The van der Waals surface area contributed by atoms with Crippen molar-refractivity contribution in [3.63, 3.8) is 0 Å². The van der Waals surface area contributed by atoms with Crippen LogP contribution in [0.4, 0.5) is 10.3 Å². The zero-order valence-corrected chi connectivity index (χ0v) is 23.5. The molecule has 2 aromatic heterocycles. The van der Waals surface area contributed by atoms with Gasteiger partial charge >= 0.3 is 0 Å². The molecular formula is C26H28N6O4S3. The fourth-order valence-corrected chi connectivity index (χ4v) is 6.55. The van der Waals surface area contributed by atoms with Crippen LogP contribution >= 0.6 is 22.7 Å². The second-order valence-electron chi connectivity index (χ2n) is 8.72. The van der Waals surface area contributed by atoms with Crippen molar-refractivity contribution in [3.8, 4) is 0 Å². The molecule has 39 heavy (non-hydrogen) atoms. The van der Waals surface area contributed by atoms with E-state index in [1.54, 1.807) is 0 Å². The number of nitrogens with one attached hydrogen (secondary N) is 2. The maximum atomic E-state index is 12.6. The molecule has 0 aliphatic carbocycles. The lowest BCUT2D eigenvalue weighted by Crippen LogP contribution is -2.14. The molecule has 2 heterocycles. The second-order valence-corrected chi connectivity index (χ2v) is 13.1. The third-order valence-corrected chi connectivity index (χ3v) is 9.10. The molecule has 2 N–H and O–H groups in total. The predicted octanol–water partition coefficient (Wildman–Crippen LogP) is 3.73. The average Bonchev–Trinajstić information content (AvgIpc) is 3.59. The molecule has 0 atom stereocenters. The van der Waals surface area contributed by atoms with E-state index < -0.39 is 9.84 Å². The Morgan fingerprint density at radius 1 is 0.615 bits per heavy atom. The monoisotopic (exact) mass is 584 g/mol. The van der Waals surface area contributed by atoms with Crippen molar-refractivity contribution >= 4 is 54.6 Å². The topological polar surface area (TPSA) is 144 Å². The lowest BCUT2D eigenvalue weighted by molar-refractivity contribution is -0.117. The van der Waals surface area contributed by atoms with Crippen LogP contribution in [0.1, 0.15) is 34.0 Å². The lowest BCUT2D eigenvalue weighted by atomic mass is 10.1. The molecule has 2 amide bonds. The molecule has 0 bridgehead atoms. The number of rotatable bonds is 14. The summed E-state index contributed by atoms with van der Waals surface area (Å²) in [5.41, 5.74) is 2.15. The van der Waals surface area contributed by atoms with E-state index >= 15 is 0 Å². The van der Waals surface area contributed by atoms with Crippen LogP contribution in [0.15, 0.2) is 60.7 Å². The van der Waals surface area contributed by atoms with Crippen LogP contribution in [0.3, 0.4) is 0 Å². The van der Waals surface area contributed by atoms with Crippen LogP contribution in [0.25, 0.3) is 0 Å². The fraction of sp³-hybridized carbons (Fsp3) is 0.308. The fourth-order valence-electron chi connectivity index (χ4n) is 3.57. The third-order valence-electron chi connectivity index (χ3n) is 5.65. The summed E-state index contributed by atoms with van der Waals surface area (Å²) in [5.74, 6) is -0.521. The largest absolute Gasteiger partial charge is 0.301 e. The van der Waals surface area contributed by atoms with Gasteiger partial charge in [-0.15, -0.1) is 20.4 Å². The summed E-state index contributed by atoms with van der Waals surface area (Å²) >= 11 is 2.34. The van der Waals surface area contributed by atoms with Gasteiger partial charge in [0, 0.05) is 25.7 Å². The number of aryl methyl sites for hydroxylation is 4. The van der Waals surface area contributed by atoms with Gasteiger partial charge in [-0.3, -0.25) is 9.59 Å². The third kappa shape index (κ3) is 9.93. The van der Waals surface area contributed by atoms with Crippen molar-refractivity contribution in [3.05, 3.63) is 81.8 Å². The Bertz CT molecular complexity index is 1370. The lowest BCUT2D eigenvalue weighted by Gasteiger charge is -2.02. The van der Waals surface area contributed by atoms with Crippen molar-refractivity contribution in [1.29, 1.82) is 0 Å². The predicted molar refractivity (Wildman–Crippen MR) is 153 cm³/mol. The number of nitrogens with zero attached hydrogens (tertiary/aromatic N) is 4. The van der Waals surface area contributed by atoms with E-state index in [-0.39, 0.29) is 36.2 Å². The molecule has 0 spiro atoms. The van der Waals surface area contributed by atoms with E-state index in [1.165, 1.54) is 22.7 Å². The summed E-state index contributed by atoms with van der Waals surface area (Å²) in [7, 11) is -3.38. The van der Waals surface area contributed by atoms with Crippen LogP contribution in [0.2, 0.25) is 0 Å². The van der Waals surface area contributed by atoms with Crippen LogP contribution in [0, 0.1) is 0 Å². The number of benzene rings is 2. The maximum Gasteiger partial charge on any atom is 0.226 e. The standard InChI is InChI=1S/C26H28N6O4S3/c33-21(13-11-19-7-3-1-4-8-19)27-25-31-29-23(37-25)15-17-39(35,36)18-16-24-30-32-26(38-24)28-22(34)14-12-20-9-5-2-6-10-20/h1-10H,11-18H2,(H,27,31,33)(H,28,32,34). The van der Waals surface area contributed by atoms with Gasteiger partial charge in [0.15, 0.2) is 9.84 Å². The van der Waals surface area contributed by atoms with Crippen LogP contribution < -0.4 is 10.6 Å². The highest BCUT2D eigenvalue weighted by Gasteiger charge is 2.16. The summed E-state index contributed by atoms with van der Waals surface area (Å²) in [4.78, 5) is 24.4. The molecule has 10 nitrogen and oxygen atoms in total. The number of sulfone groups is 1. The van der Waals surface area contributed by atoms with Crippen LogP contribution in [0.5, 0.6) is 0 Å². The van der Waals surface area contributed by atoms with Gasteiger partial charge in [0.1, 0.15) is 10.0 Å². The maximum absolute atomic E-state index is 12.6. The zero-order valence-electron chi connectivity index (χ0n) is 21.1. The van der Waals surface area contributed by atoms with E-state index in [0.717, 1.165) is 11.1 Å². The highest BCUT2D eigenvalue weighted by molar-refractivity contribution is 7.91. The van der Waals surface area contributed by atoms with Gasteiger partial charge in [0.05, 0.1) is 11.5 Å². The molecule has 4 aromatic rings. The van der Waals surface area contributed by atoms with Gasteiger partial charge in [-0.05, 0) is 24.0 Å². The molecule has 13 heteroatoms. The van der Waals surface area contributed by atoms with E-state index in [1.807, 2.05) is 60.7 Å². The Morgan fingerprint density at radius 2 is 1.03 bits per heavy atom. The van der Waals surface area contributed by atoms with Crippen LogP contribution in [-0.2, 0) is 45.1 Å². The first-order chi connectivity index (χ1) is 18.8. The first kappa shape index (κ1) is 28.5. The molecule has 0 aliphatic heterocycles. The minimum Gasteiger partial charge on any atom is -0.301 e. The minimum atomic E-state index is -3.38. The van der Waals surface area contributed by atoms with E-state index in [0.29, 0.717) is 46.0 Å². The average molecular weight is 585 g/mol. The summed E-state index contributed by atoms with van der Waals surface area (Å²) in [5, 5.41) is 23.1. The highest BCUT2D eigenvalue weighted by atomic mass is 32.2. The molecule has 0 saturated heterocycles. The van der Waals surface area contributed by atoms with Gasteiger partial charge in [0.2, 0.25) is 22.1 Å². The number of carbonyl (C=O) groups excluding carboxylic acids is 2. The highest BCUT2D eigenvalue weighted by Crippen LogP contribution is 2.19. The minimum absolute atomic E-state index is 0.0918. The van der Waals surface area contributed by atoms with E-state index in [2.05, 4.69) is 31.0 Å². The SMILES string of the molecule is O=C(CCc1ccccc1)Nc1nnc(CCS(=O)(=O)CCc2nnc(NC(=O)CCc3ccccc3)s2)s1. The van der Waals surface area contributed by atoms with Crippen molar-refractivity contribution in [2.45, 2.75) is 38.5 Å². The Morgan fingerprint density at radius 3 is 1.44 bits per heavy atom. The van der Waals surface area contributed by atoms with Gasteiger partial charge in [0.25, 0.3) is 0 Å². The smallest absolute Gasteiger partial charge is 0.226 e. The summed E-state index contributed by atoms with van der Waals surface area (Å²) < 4.78 is 25.1. The summed E-state index contributed by atoms with van der Waals surface area (Å²) in [6.45, 7) is 0. The molecule has 0 saturated carbocycles. The molecule has 0 unspecified atom stereocenters. The quantitative estimate of drug-likeness (QED) is 0.228. The van der Waals surface area contributed by atoms with Crippen molar-refractivity contribution in [1.82, 2.24) is 20.4 Å². The van der Waals surface area contributed by atoms with Crippen molar-refractivity contribution in [2.75, 3.05) is 22.1 Å². The van der Waals surface area contributed by atoms with Crippen LogP contribution in [-0.4, -0.2) is 52.1 Å². The number of anilines is 2. The van der Waals surface area contributed by atoms with Gasteiger partial charge < -0.3 is 10.6 Å². The zero-order chi connectivity index (χ0) is 27.5. The van der Waals surface area contributed by atoms with E-state index in [9.17, 15) is 18.0 Å². The number of hydrogen-bond donors (Lipinski definition) is 2.